The molecule has 0 aliphatic heterocycles. The predicted molar refractivity (Wildman–Crippen MR) is 132 cm³/mol. The molecule has 0 aliphatic carbocycles. The summed E-state index contributed by atoms with van der Waals surface area (Å²) in [6.45, 7) is 0.955. The minimum atomic E-state index is -4.09. The molecule has 7 nitrogen and oxygen atoms in total. The number of ether oxygens (including phenoxy) is 1. The molecular weight excluding hydrogens is 525 g/mol. The Kier molecular flexibility index (Phi) is 8.54. The van der Waals surface area contributed by atoms with Gasteiger partial charge >= 0.3 is 0 Å². The van der Waals surface area contributed by atoms with Gasteiger partial charge in [0.25, 0.3) is 5.91 Å². The molecule has 0 fully saturated rings. The summed E-state index contributed by atoms with van der Waals surface area (Å²) in [5, 5.41) is 3.91. The summed E-state index contributed by atoms with van der Waals surface area (Å²) in [5.41, 5.74) is 3.96. The van der Waals surface area contributed by atoms with Crippen LogP contribution in [-0.4, -0.2) is 38.5 Å². The third-order valence-corrected chi connectivity index (χ3v) is 7.17. The lowest BCUT2D eigenvalue weighted by molar-refractivity contribution is -0.121. The summed E-state index contributed by atoms with van der Waals surface area (Å²) < 4.78 is 47.8. The van der Waals surface area contributed by atoms with Crippen molar-refractivity contribution in [1.82, 2.24) is 9.73 Å². The number of rotatable bonds is 9. The quantitative estimate of drug-likeness (QED) is 0.320. The molecule has 0 saturated carbocycles. The number of carbonyl (C=O) groups excluding carboxylic acids is 1. The molecule has 0 aliphatic rings. The number of sulfonamides is 1. The van der Waals surface area contributed by atoms with E-state index in [9.17, 15) is 17.6 Å². The van der Waals surface area contributed by atoms with Crippen molar-refractivity contribution in [2.75, 3.05) is 13.7 Å². The summed E-state index contributed by atoms with van der Waals surface area (Å²) in [6, 6.07) is 17.3. The molecule has 10 heteroatoms. The summed E-state index contributed by atoms with van der Waals surface area (Å²) in [7, 11) is -2.58. The van der Waals surface area contributed by atoms with Gasteiger partial charge in [-0.3, -0.25) is 4.79 Å². The van der Waals surface area contributed by atoms with Crippen molar-refractivity contribution in [3.05, 3.63) is 93.7 Å². The van der Waals surface area contributed by atoms with Crippen molar-refractivity contribution in [3.8, 4) is 5.75 Å². The molecule has 34 heavy (non-hydrogen) atoms. The highest BCUT2D eigenvalue weighted by Gasteiger charge is 2.27. The molecule has 0 spiro atoms. The average Bonchev–Trinajstić information content (AvgIpc) is 2.80. The number of halogens is 2. The van der Waals surface area contributed by atoms with Gasteiger partial charge in [-0.05, 0) is 43.3 Å². The van der Waals surface area contributed by atoms with E-state index in [4.69, 9.17) is 4.74 Å². The molecule has 1 amide bonds. The molecule has 3 rings (SSSR count). The number of amides is 1. The highest BCUT2D eigenvalue weighted by molar-refractivity contribution is 9.10. The molecule has 0 heterocycles. The maximum Gasteiger partial charge on any atom is 0.255 e. The van der Waals surface area contributed by atoms with Gasteiger partial charge < -0.3 is 4.74 Å². The number of methoxy groups -OCH3 is 1. The monoisotopic (exact) mass is 547 g/mol. The summed E-state index contributed by atoms with van der Waals surface area (Å²) in [6.07, 6.45) is 1.39. The number of nitrogens with zero attached hydrogens (tertiary/aromatic N) is 2. The average molecular weight is 548 g/mol. The molecule has 0 unspecified atom stereocenters. The molecule has 1 N–H and O–H groups in total. The van der Waals surface area contributed by atoms with Gasteiger partial charge in [-0.1, -0.05) is 51.8 Å². The maximum atomic E-state index is 14.3. The van der Waals surface area contributed by atoms with Crippen molar-refractivity contribution in [2.45, 2.75) is 18.4 Å². The van der Waals surface area contributed by atoms with Crippen LogP contribution in [0.3, 0.4) is 0 Å². The second kappa shape index (κ2) is 11.4. The van der Waals surface area contributed by atoms with E-state index in [0.29, 0.717) is 11.3 Å². The molecule has 3 aromatic rings. The minimum absolute atomic E-state index is 0.00427. The van der Waals surface area contributed by atoms with Crippen molar-refractivity contribution in [1.29, 1.82) is 0 Å². The van der Waals surface area contributed by atoms with Crippen molar-refractivity contribution in [2.24, 2.45) is 5.10 Å². The third kappa shape index (κ3) is 6.49. The molecule has 0 bridgehead atoms. The lowest BCUT2D eigenvalue weighted by Gasteiger charge is -2.22. The van der Waals surface area contributed by atoms with Gasteiger partial charge in [-0.2, -0.15) is 9.41 Å². The first-order valence-electron chi connectivity index (χ1n) is 10.2. The van der Waals surface area contributed by atoms with Crippen LogP contribution in [0.15, 0.2) is 81.2 Å². The van der Waals surface area contributed by atoms with E-state index in [1.807, 2.05) is 6.92 Å². The Morgan fingerprint density at radius 3 is 2.53 bits per heavy atom. The first-order valence-corrected chi connectivity index (χ1v) is 12.4. The van der Waals surface area contributed by atoms with Crippen LogP contribution in [0, 0.1) is 12.7 Å². The fourth-order valence-corrected chi connectivity index (χ4v) is 4.83. The van der Waals surface area contributed by atoms with Gasteiger partial charge in [0.05, 0.1) is 24.8 Å². The van der Waals surface area contributed by atoms with E-state index in [1.165, 1.54) is 43.7 Å². The largest absolute Gasteiger partial charge is 0.496 e. The highest BCUT2D eigenvalue weighted by Crippen LogP contribution is 2.22. The van der Waals surface area contributed by atoms with Crippen LogP contribution in [0.4, 0.5) is 4.39 Å². The van der Waals surface area contributed by atoms with E-state index in [0.717, 1.165) is 14.3 Å². The second-order valence-corrected chi connectivity index (χ2v) is 10.2. The topological polar surface area (TPSA) is 88.1 Å². The number of benzene rings is 3. The fraction of sp³-hybridized carbons (Fsp3) is 0.167. The van der Waals surface area contributed by atoms with Gasteiger partial charge in [0.1, 0.15) is 11.6 Å². The normalized spacial score (nSPS) is 11.7. The van der Waals surface area contributed by atoms with Crippen LogP contribution in [-0.2, 0) is 21.4 Å². The zero-order valence-electron chi connectivity index (χ0n) is 18.5. The lowest BCUT2D eigenvalue weighted by Crippen LogP contribution is -2.39. The minimum Gasteiger partial charge on any atom is -0.496 e. The van der Waals surface area contributed by atoms with E-state index in [2.05, 4.69) is 26.5 Å². The predicted octanol–water partition coefficient (Wildman–Crippen LogP) is 4.25. The Labute approximate surface area is 206 Å². The SMILES string of the molecule is COc1ccc(Br)cc1/C=N\NC(=O)CN(Cc1ccccc1F)S(=O)(=O)c1ccc(C)cc1. The van der Waals surface area contributed by atoms with Crippen LogP contribution < -0.4 is 10.2 Å². The van der Waals surface area contributed by atoms with Crippen molar-refractivity contribution < 1.29 is 22.3 Å². The summed E-state index contributed by atoms with van der Waals surface area (Å²) in [4.78, 5) is 12.6. The van der Waals surface area contributed by atoms with Crippen LogP contribution in [0.25, 0.3) is 0 Å². The van der Waals surface area contributed by atoms with Gasteiger partial charge in [-0.25, -0.2) is 18.2 Å². The lowest BCUT2D eigenvalue weighted by atomic mass is 10.2. The molecule has 0 atom stereocenters. The van der Waals surface area contributed by atoms with Gasteiger partial charge in [0.15, 0.2) is 0 Å². The van der Waals surface area contributed by atoms with Crippen LogP contribution in [0.2, 0.25) is 0 Å². The summed E-state index contributed by atoms with van der Waals surface area (Å²) >= 11 is 3.36. The van der Waals surface area contributed by atoms with E-state index < -0.39 is 28.3 Å². The molecule has 3 aromatic carbocycles. The van der Waals surface area contributed by atoms with Gasteiger partial charge in [0.2, 0.25) is 10.0 Å². The number of carbonyl (C=O) groups is 1. The Morgan fingerprint density at radius 2 is 1.85 bits per heavy atom. The van der Waals surface area contributed by atoms with Crippen LogP contribution in [0.1, 0.15) is 16.7 Å². The van der Waals surface area contributed by atoms with Gasteiger partial charge in [0, 0.05) is 22.1 Å². The van der Waals surface area contributed by atoms with E-state index >= 15 is 0 Å². The second-order valence-electron chi connectivity index (χ2n) is 7.36. The van der Waals surface area contributed by atoms with Crippen LogP contribution >= 0.6 is 15.9 Å². The molecule has 0 radical (unpaired) electrons. The Balaban J connectivity index is 1.82. The molecule has 178 valence electrons. The number of hydrogen-bond donors (Lipinski definition) is 1. The third-order valence-electron chi connectivity index (χ3n) is 4.87. The number of nitrogens with one attached hydrogen (secondary N) is 1. The first-order chi connectivity index (χ1) is 16.2. The first kappa shape index (κ1) is 25.5. The maximum absolute atomic E-state index is 14.3. The fourth-order valence-electron chi connectivity index (χ4n) is 3.08. The van der Waals surface area contributed by atoms with E-state index in [-0.39, 0.29) is 17.0 Å². The Morgan fingerprint density at radius 1 is 1.15 bits per heavy atom. The van der Waals surface area contributed by atoms with Crippen LogP contribution in [0.5, 0.6) is 5.75 Å². The van der Waals surface area contributed by atoms with Crippen molar-refractivity contribution >= 4 is 38.1 Å². The van der Waals surface area contributed by atoms with Gasteiger partial charge in [-0.15, -0.1) is 0 Å². The zero-order valence-corrected chi connectivity index (χ0v) is 20.9. The summed E-state index contributed by atoms with van der Waals surface area (Å²) in [5.74, 6) is -0.701. The van der Waals surface area contributed by atoms with Crippen molar-refractivity contribution in [3.63, 3.8) is 0 Å². The number of aryl methyl sites for hydroxylation is 1. The van der Waals surface area contributed by atoms with E-state index in [1.54, 1.807) is 36.4 Å². The Bertz CT molecular complexity index is 1300. The number of hydrazone groups is 1. The molecule has 0 saturated heterocycles. The highest BCUT2D eigenvalue weighted by atomic mass is 79.9. The smallest absolute Gasteiger partial charge is 0.255 e. The standard InChI is InChI=1S/C24H23BrFN3O4S/c1-17-7-10-21(11-8-17)34(31,32)29(15-18-5-3-4-6-22(18)26)16-24(30)28-27-14-19-13-20(25)9-12-23(19)33-2/h3-14H,15-16H2,1-2H3,(H,28,30)/b27-14-. The molecule has 0 aromatic heterocycles. The molecular formula is C24H23BrFN3O4S. The number of hydrogen-bond acceptors (Lipinski definition) is 5. The Hall–Kier alpha value is -3.08. The zero-order chi connectivity index (χ0) is 24.7.